The molecule has 1 rings (SSSR count). The smallest absolute Gasteiger partial charge is 0.328 e. The molecule has 1 atom stereocenters. The lowest BCUT2D eigenvalue weighted by atomic mass is 9.86. The van der Waals surface area contributed by atoms with Crippen LogP contribution in [0.3, 0.4) is 0 Å². The zero-order valence-electron chi connectivity index (χ0n) is 13.6. The van der Waals surface area contributed by atoms with Crippen molar-refractivity contribution in [3.8, 4) is 0 Å². The average Bonchev–Trinajstić information content (AvgIpc) is 2.50. The van der Waals surface area contributed by atoms with E-state index < -0.39 is 11.5 Å². The molecule has 1 aromatic carbocycles. The molecule has 0 heterocycles. The summed E-state index contributed by atoms with van der Waals surface area (Å²) in [7, 11) is 3.79. The molecule has 0 bridgehead atoms. The Hall–Kier alpha value is -1.39. The van der Waals surface area contributed by atoms with E-state index in [1.54, 1.807) is 7.05 Å². The molecule has 1 aromatic rings. The monoisotopic (exact) mass is 292 g/mol. The molecule has 4 heteroatoms. The predicted molar refractivity (Wildman–Crippen MR) is 86.4 cm³/mol. The zero-order valence-corrected chi connectivity index (χ0v) is 13.6. The lowest BCUT2D eigenvalue weighted by molar-refractivity contribution is -0.145. The fraction of sp³-hybridized carbons (Fsp3) is 0.588. The Kier molecular flexibility index (Phi) is 6.85. The predicted octanol–water partition coefficient (Wildman–Crippen LogP) is 2.70. The van der Waals surface area contributed by atoms with Crippen LogP contribution in [-0.4, -0.2) is 42.7 Å². The van der Waals surface area contributed by atoms with Crippen molar-refractivity contribution in [1.82, 2.24) is 10.2 Å². The van der Waals surface area contributed by atoms with Crippen LogP contribution in [0.4, 0.5) is 0 Å². The lowest BCUT2D eigenvalue weighted by Crippen LogP contribution is -2.50. The van der Waals surface area contributed by atoms with Gasteiger partial charge < -0.3 is 15.3 Å². The molecule has 2 N–H and O–H groups in total. The van der Waals surface area contributed by atoms with Gasteiger partial charge in [-0.1, -0.05) is 44.2 Å². The number of carbonyl (C=O) groups is 1. The fourth-order valence-corrected chi connectivity index (χ4v) is 2.91. The molecule has 4 nitrogen and oxygen atoms in total. The van der Waals surface area contributed by atoms with E-state index in [0.717, 1.165) is 24.9 Å². The van der Waals surface area contributed by atoms with Crippen LogP contribution in [0.25, 0.3) is 0 Å². The normalized spacial score (nSPS) is 14.4. The molecule has 0 aliphatic carbocycles. The Balaban J connectivity index is 2.93. The van der Waals surface area contributed by atoms with Gasteiger partial charge in [0.15, 0.2) is 0 Å². The number of rotatable bonds is 9. The van der Waals surface area contributed by atoms with Crippen molar-refractivity contribution in [3.05, 3.63) is 35.9 Å². The van der Waals surface area contributed by atoms with Crippen LogP contribution < -0.4 is 5.32 Å². The Labute approximate surface area is 128 Å². The first-order valence-electron chi connectivity index (χ1n) is 7.69. The van der Waals surface area contributed by atoms with Crippen LogP contribution in [0.1, 0.15) is 38.7 Å². The highest BCUT2D eigenvalue weighted by atomic mass is 16.4. The van der Waals surface area contributed by atoms with Gasteiger partial charge in [0.25, 0.3) is 0 Å². The van der Waals surface area contributed by atoms with Crippen molar-refractivity contribution in [3.63, 3.8) is 0 Å². The number of nitrogens with one attached hydrogen (secondary N) is 1. The molecule has 1 unspecified atom stereocenters. The maximum absolute atomic E-state index is 11.9. The summed E-state index contributed by atoms with van der Waals surface area (Å²) in [6, 6.07) is 9.93. The van der Waals surface area contributed by atoms with E-state index in [-0.39, 0.29) is 0 Å². The minimum atomic E-state index is -1.03. The number of nitrogens with zero attached hydrogens (tertiary/aromatic N) is 1. The first kappa shape index (κ1) is 17.7. The third kappa shape index (κ3) is 4.05. The third-order valence-electron chi connectivity index (χ3n) is 4.46. The fourth-order valence-electron chi connectivity index (χ4n) is 2.91. The van der Waals surface area contributed by atoms with Gasteiger partial charge in [0.1, 0.15) is 5.54 Å². The van der Waals surface area contributed by atoms with E-state index in [1.165, 1.54) is 0 Å². The van der Waals surface area contributed by atoms with Crippen LogP contribution in [0.15, 0.2) is 30.3 Å². The zero-order chi connectivity index (χ0) is 15.9. The highest BCUT2D eigenvalue weighted by Crippen LogP contribution is 2.26. The largest absolute Gasteiger partial charge is 0.480 e. The lowest BCUT2D eigenvalue weighted by Gasteiger charge is -2.33. The molecule has 0 radical (unpaired) electrons. The summed E-state index contributed by atoms with van der Waals surface area (Å²) in [6.07, 6.45) is 2.70. The highest BCUT2D eigenvalue weighted by molar-refractivity contribution is 5.80. The molecular weight excluding hydrogens is 264 g/mol. The summed E-state index contributed by atoms with van der Waals surface area (Å²) in [5.74, 6) is -0.825. The van der Waals surface area contributed by atoms with Crippen LogP contribution >= 0.6 is 0 Å². The molecule has 0 aromatic heterocycles. The van der Waals surface area contributed by atoms with Gasteiger partial charge in [-0.3, -0.25) is 0 Å². The van der Waals surface area contributed by atoms with Gasteiger partial charge in [0.05, 0.1) is 0 Å². The summed E-state index contributed by atoms with van der Waals surface area (Å²) in [4.78, 5) is 14.2. The van der Waals surface area contributed by atoms with Crippen LogP contribution in [0.2, 0.25) is 0 Å². The SMILES string of the molecule is CCC(CC)N(C)CCC(NC)(C(=O)O)c1ccccc1. The van der Waals surface area contributed by atoms with Gasteiger partial charge in [-0.2, -0.15) is 0 Å². The number of carboxylic acid groups (broad SMARTS) is 1. The van der Waals surface area contributed by atoms with E-state index in [1.807, 2.05) is 30.3 Å². The molecule has 0 aliphatic heterocycles. The molecule has 0 aliphatic rings. The summed E-state index contributed by atoms with van der Waals surface area (Å²) < 4.78 is 0. The molecule has 0 saturated heterocycles. The minimum absolute atomic E-state index is 0.504. The Bertz CT molecular complexity index is 432. The summed E-state index contributed by atoms with van der Waals surface area (Å²) in [5, 5.41) is 12.8. The number of aliphatic carboxylic acids is 1. The van der Waals surface area contributed by atoms with E-state index in [4.69, 9.17) is 0 Å². The van der Waals surface area contributed by atoms with Crippen LogP contribution in [-0.2, 0) is 10.3 Å². The third-order valence-corrected chi connectivity index (χ3v) is 4.46. The van der Waals surface area contributed by atoms with Gasteiger partial charge in [0.2, 0.25) is 0 Å². The Morgan fingerprint density at radius 2 is 1.86 bits per heavy atom. The van der Waals surface area contributed by atoms with Crippen LogP contribution in [0, 0.1) is 0 Å². The second kappa shape index (κ2) is 8.15. The van der Waals surface area contributed by atoms with E-state index >= 15 is 0 Å². The molecule has 0 fully saturated rings. The quantitative estimate of drug-likeness (QED) is 0.735. The van der Waals surface area contributed by atoms with Crippen molar-refractivity contribution >= 4 is 5.97 Å². The summed E-state index contributed by atoms with van der Waals surface area (Å²) in [6.45, 7) is 5.09. The second-order valence-electron chi connectivity index (χ2n) is 5.53. The van der Waals surface area contributed by atoms with Crippen molar-refractivity contribution in [2.45, 2.75) is 44.7 Å². The summed E-state index contributed by atoms with van der Waals surface area (Å²) in [5.41, 5.74) is -0.223. The van der Waals surface area contributed by atoms with Gasteiger partial charge in [-0.15, -0.1) is 0 Å². The first-order chi connectivity index (χ1) is 10.0. The summed E-state index contributed by atoms with van der Waals surface area (Å²) >= 11 is 0. The molecule has 21 heavy (non-hydrogen) atoms. The Morgan fingerprint density at radius 1 is 1.29 bits per heavy atom. The maximum Gasteiger partial charge on any atom is 0.328 e. The highest BCUT2D eigenvalue weighted by Gasteiger charge is 2.38. The maximum atomic E-state index is 11.9. The van der Waals surface area contributed by atoms with Crippen molar-refractivity contribution in [2.75, 3.05) is 20.6 Å². The van der Waals surface area contributed by atoms with Gasteiger partial charge in [-0.25, -0.2) is 4.79 Å². The second-order valence-corrected chi connectivity index (χ2v) is 5.53. The molecule has 118 valence electrons. The average molecular weight is 292 g/mol. The van der Waals surface area contributed by atoms with E-state index in [0.29, 0.717) is 12.5 Å². The van der Waals surface area contributed by atoms with E-state index in [2.05, 4.69) is 31.1 Å². The molecule has 0 spiro atoms. The minimum Gasteiger partial charge on any atom is -0.480 e. The van der Waals surface area contributed by atoms with Gasteiger partial charge >= 0.3 is 5.97 Å². The number of likely N-dealkylation sites (N-methyl/N-ethyl adjacent to an activating group) is 1. The van der Waals surface area contributed by atoms with Crippen molar-refractivity contribution in [1.29, 1.82) is 0 Å². The van der Waals surface area contributed by atoms with Crippen molar-refractivity contribution in [2.24, 2.45) is 0 Å². The standard InChI is InChI=1S/C17H28N2O2/c1-5-15(6-2)19(4)13-12-17(18-3,16(20)21)14-10-8-7-9-11-14/h7-11,15,18H,5-6,12-13H2,1-4H3,(H,20,21). The van der Waals surface area contributed by atoms with E-state index in [9.17, 15) is 9.90 Å². The number of hydrogen-bond acceptors (Lipinski definition) is 3. The molecular formula is C17H28N2O2. The van der Waals surface area contributed by atoms with Crippen molar-refractivity contribution < 1.29 is 9.90 Å². The molecule has 0 amide bonds. The number of benzene rings is 1. The van der Waals surface area contributed by atoms with Gasteiger partial charge in [0, 0.05) is 12.6 Å². The Morgan fingerprint density at radius 3 is 2.29 bits per heavy atom. The topological polar surface area (TPSA) is 52.6 Å². The molecule has 0 saturated carbocycles. The number of hydrogen-bond donors (Lipinski definition) is 2. The first-order valence-corrected chi connectivity index (χ1v) is 7.69. The van der Waals surface area contributed by atoms with Gasteiger partial charge in [-0.05, 0) is 38.9 Å². The number of carboxylic acids is 1. The van der Waals surface area contributed by atoms with Crippen LogP contribution in [0.5, 0.6) is 0 Å².